The highest BCUT2D eigenvalue weighted by Crippen LogP contribution is 2.46. The Kier molecular flexibility index (Phi) is 7.50. The third-order valence-electron chi connectivity index (χ3n) is 7.35. The number of imide groups is 1. The number of rotatable bonds is 9. The van der Waals surface area contributed by atoms with Gasteiger partial charge in [-0.2, -0.15) is 4.31 Å². The minimum atomic E-state index is -4.05. The molecule has 11 heteroatoms. The predicted molar refractivity (Wildman–Crippen MR) is 132 cm³/mol. The number of likely N-dealkylation sites (tertiary alicyclic amines) is 1. The van der Waals surface area contributed by atoms with Gasteiger partial charge in [0.1, 0.15) is 11.4 Å². The molecule has 0 bridgehead atoms. The summed E-state index contributed by atoms with van der Waals surface area (Å²) in [6.07, 6.45) is 0.159. The summed E-state index contributed by atoms with van der Waals surface area (Å²) < 4.78 is 46.3. The summed E-state index contributed by atoms with van der Waals surface area (Å²) in [6, 6.07) is 12.7. The van der Waals surface area contributed by atoms with E-state index in [4.69, 9.17) is 4.74 Å². The van der Waals surface area contributed by atoms with Gasteiger partial charge in [-0.15, -0.1) is 0 Å². The lowest BCUT2D eigenvalue weighted by Crippen LogP contribution is -2.58. The van der Waals surface area contributed by atoms with Gasteiger partial charge in [0.25, 0.3) is 0 Å². The van der Waals surface area contributed by atoms with Gasteiger partial charge in [-0.25, -0.2) is 12.8 Å². The maximum absolute atomic E-state index is 13.7. The van der Waals surface area contributed by atoms with Gasteiger partial charge >= 0.3 is 5.97 Å². The predicted octanol–water partition coefficient (Wildman–Crippen LogP) is 1.93. The third kappa shape index (κ3) is 4.55. The zero-order valence-electron chi connectivity index (χ0n) is 20.9. The number of methoxy groups -OCH3 is 1. The highest BCUT2D eigenvalue weighted by Gasteiger charge is 2.68. The van der Waals surface area contributed by atoms with Crippen molar-refractivity contribution in [2.45, 2.75) is 43.3 Å². The van der Waals surface area contributed by atoms with Crippen LogP contribution < -0.4 is 5.32 Å². The highest BCUT2D eigenvalue weighted by atomic mass is 32.2. The topological polar surface area (TPSA) is 113 Å². The second kappa shape index (κ2) is 10.3. The summed E-state index contributed by atoms with van der Waals surface area (Å²) in [5.41, 5.74) is -0.732. The molecule has 0 saturated carbocycles. The molecule has 0 aliphatic carbocycles. The molecule has 0 radical (unpaired) electrons. The first-order valence-electron chi connectivity index (χ1n) is 12.1. The molecule has 0 aromatic heterocycles. The second-order valence-electron chi connectivity index (χ2n) is 9.23. The first-order chi connectivity index (χ1) is 17.6. The van der Waals surface area contributed by atoms with Crippen molar-refractivity contribution >= 4 is 27.8 Å². The largest absolute Gasteiger partial charge is 0.468 e. The molecule has 2 aliphatic heterocycles. The first kappa shape index (κ1) is 26.9. The monoisotopic (exact) mass is 531 g/mol. The average molecular weight is 532 g/mol. The van der Waals surface area contributed by atoms with E-state index in [2.05, 4.69) is 5.32 Å². The van der Waals surface area contributed by atoms with E-state index in [1.165, 1.54) is 19.2 Å². The van der Waals surface area contributed by atoms with Gasteiger partial charge in [-0.05, 0) is 36.2 Å². The van der Waals surface area contributed by atoms with Gasteiger partial charge in [0.05, 0.1) is 30.4 Å². The maximum Gasteiger partial charge on any atom is 0.326 e. The van der Waals surface area contributed by atoms with E-state index >= 15 is 0 Å². The number of nitrogens with zero attached hydrogens (tertiary/aromatic N) is 2. The van der Waals surface area contributed by atoms with Gasteiger partial charge in [-0.3, -0.25) is 24.6 Å². The Hall–Kier alpha value is -3.15. The molecule has 1 N–H and O–H groups in total. The van der Waals surface area contributed by atoms with Crippen LogP contribution in [0.5, 0.6) is 0 Å². The van der Waals surface area contributed by atoms with Crippen LogP contribution in [0.15, 0.2) is 59.5 Å². The molecule has 2 aliphatic rings. The van der Waals surface area contributed by atoms with Crippen LogP contribution in [0.3, 0.4) is 0 Å². The fraction of sp³-hybridized carbons (Fsp3) is 0.423. The molecule has 0 unspecified atom stereocenters. The lowest BCUT2D eigenvalue weighted by molar-refractivity contribution is -0.154. The summed E-state index contributed by atoms with van der Waals surface area (Å²) in [4.78, 5) is 41.4. The van der Waals surface area contributed by atoms with Crippen molar-refractivity contribution in [1.82, 2.24) is 14.5 Å². The molecule has 2 aromatic carbocycles. The minimum Gasteiger partial charge on any atom is -0.468 e. The molecule has 37 heavy (non-hydrogen) atoms. The molecule has 4 atom stereocenters. The number of hydrogen-bond donors (Lipinski definition) is 1. The van der Waals surface area contributed by atoms with Crippen molar-refractivity contribution in [2.75, 3.05) is 20.2 Å². The van der Waals surface area contributed by atoms with E-state index in [1.807, 2.05) is 6.07 Å². The van der Waals surface area contributed by atoms with Gasteiger partial charge in [-0.1, -0.05) is 44.2 Å². The summed E-state index contributed by atoms with van der Waals surface area (Å²) >= 11 is 0. The number of sulfonamides is 1. The lowest BCUT2D eigenvalue weighted by Gasteiger charge is -2.32. The Balaban J connectivity index is 1.71. The molecule has 2 fully saturated rings. The van der Waals surface area contributed by atoms with Crippen LogP contribution in [-0.2, 0) is 35.7 Å². The van der Waals surface area contributed by atoms with Crippen molar-refractivity contribution in [3.63, 3.8) is 0 Å². The first-order valence-corrected chi connectivity index (χ1v) is 13.6. The van der Waals surface area contributed by atoms with Gasteiger partial charge in [0.15, 0.2) is 0 Å². The number of nitrogens with one attached hydrogen (secondary N) is 1. The van der Waals surface area contributed by atoms with Crippen LogP contribution in [0.1, 0.15) is 25.8 Å². The molecule has 2 amide bonds. The molecule has 198 valence electrons. The molecule has 2 heterocycles. The van der Waals surface area contributed by atoms with E-state index in [1.54, 1.807) is 38.1 Å². The molecule has 4 rings (SSSR count). The van der Waals surface area contributed by atoms with Crippen LogP contribution in [0.2, 0.25) is 0 Å². The number of amides is 2. The zero-order valence-corrected chi connectivity index (χ0v) is 21.7. The number of esters is 1. The normalized spacial score (nSPS) is 25.5. The van der Waals surface area contributed by atoms with E-state index in [-0.39, 0.29) is 31.0 Å². The quantitative estimate of drug-likeness (QED) is 0.389. The Labute approximate surface area is 215 Å². The third-order valence-corrected chi connectivity index (χ3v) is 9.30. The van der Waals surface area contributed by atoms with Crippen LogP contribution >= 0.6 is 0 Å². The SMILES string of the molecule is CCN(C[C@H]1N[C@@](CC)(C(=O)OC)[C@H]2C(=O)N(Cc3ccccc3)C(=O)[C@@H]12)S(=O)(=O)c1ccc(F)cc1. The molecular weight excluding hydrogens is 501 g/mol. The van der Waals surface area contributed by atoms with Crippen molar-refractivity contribution in [2.24, 2.45) is 11.8 Å². The molecule has 2 saturated heterocycles. The smallest absolute Gasteiger partial charge is 0.326 e. The van der Waals surface area contributed by atoms with Crippen molar-refractivity contribution in [3.05, 3.63) is 66.0 Å². The van der Waals surface area contributed by atoms with Gasteiger partial charge in [0.2, 0.25) is 21.8 Å². The van der Waals surface area contributed by atoms with Crippen molar-refractivity contribution in [1.29, 1.82) is 0 Å². The fourth-order valence-corrected chi connectivity index (χ4v) is 6.95. The average Bonchev–Trinajstić information content (AvgIpc) is 3.36. The standard InChI is InChI=1S/C26H30FN3O6S/c1-4-26(25(33)36-3)22-21(23(31)30(24(22)32)15-17-9-7-6-8-10-17)20(28-26)16-29(5-2)37(34,35)19-13-11-18(27)12-14-19/h6-14,20-22,28H,4-5,15-16H2,1-3H3/t20-,21+,22-,26-/m1/s1. The molecule has 2 aromatic rings. The van der Waals surface area contributed by atoms with E-state index in [0.29, 0.717) is 0 Å². The summed E-state index contributed by atoms with van der Waals surface area (Å²) in [6.45, 7) is 3.29. The maximum atomic E-state index is 13.7. The highest BCUT2D eigenvalue weighted by molar-refractivity contribution is 7.89. The summed E-state index contributed by atoms with van der Waals surface area (Å²) in [5.74, 6) is -4.22. The Morgan fingerprint density at radius 3 is 2.30 bits per heavy atom. The fourth-order valence-electron chi connectivity index (χ4n) is 5.47. The Morgan fingerprint density at radius 2 is 1.73 bits per heavy atom. The van der Waals surface area contributed by atoms with Crippen LogP contribution in [0.4, 0.5) is 4.39 Å². The molecule has 9 nitrogen and oxygen atoms in total. The molecule has 0 spiro atoms. The van der Waals surface area contributed by atoms with Crippen LogP contribution in [0.25, 0.3) is 0 Å². The Morgan fingerprint density at radius 1 is 1.08 bits per heavy atom. The number of likely N-dealkylation sites (N-methyl/N-ethyl adjacent to an activating group) is 1. The number of fused-ring (bicyclic) bond motifs is 1. The second-order valence-corrected chi connectivity index (χ2v) is 11.2. The van der Waals surface area contributed by atoms with Crippen molar-refractivity contribution < 1.29 is 31.9 Å². The number of benzene rings is 2. The van der Waals surface area contributed by atoms with Crippen molar-refractivity contribution in [3.8, 4) is 0 Å². The van der Waals surface area contributed by atoms with E-state index in [9.17, 15) is 27.2 Å². The van der Waals surface area contributed by atoms with Crippen LogP contribution in [-0.4, -0.2) is 67.2 Å². The zero-order chi connectivity index (χ0) is 27.0. The number of carbonyl (C=O) groups excluding carboxylic acids is 3. The lowest BCUT2D eigenvalue weighted by atomic mass is 9.78. The summed E-state index contributed by atoms with van der Waals surface area (Å²) in [7, 11) is -2.83. The van der Waals surface area contributed by atoms with E-state index in [0.717, 1.165) is 26.9 Å². The number of ether oxygens (including phenoxy) is 1. The minimum absolute atomic E-state index is 0.0462. The van der Waals surface area contributed by atoms with E-state index < -0.39 is 57.0 Å². The van der Waals surface area contributed by atoms with Gasteiger partial charge in [0, 0.05) is 19.1 Å². The summed E-state index contributed by atoms with van der Waals surface area (Å²) in [5, 5.41) is 3.14. The Bertz CT molecular complexity index is 1290. The molecular formula is C26H30FN3O6S. The van der Waals surface area contributed by atoms with Crippen LogP contribution in [0, 0.1) is 17.7 Å². The number of halogens is 1. The number of carbonyl (C=O) groups is 3. The van der Waals surface area contributed by atoms with Gasteiger partial charge < -0.3 is 4.74 Å². The number of hydrogen-bond acceptors (Lipinski definition) is 7.